The van der Waals surface area contributed by atoms with Crippen molar-refractivity contribution in [3.63, 3.8) is 0 Å². The fourth-order valence-electron chi connectivity index (χ4n) is 2.12. The zero-order valence-electron chi connectivity index (χ0n) is 12.3. The Balaban J connectivity index is 2.48. The Morgan fingerprint density at radius 1 is 1.43 bits per heavy atom. The van der Waals surface area contributed by atoms with E-state index in [1.165, 1.54) is 7.11 Å². The van der Waals surface area contributed by atoms with Gasteiger partial charge < -0.3 is 25.2 Å². The molecule has 8 heteroatoms. The van der Waals surface area contributed by atoms with Gasteiger partial charge >= 0.3 is 18.0 Å². The smallest absolute Gasteiger partial charge is 0.326 e. The maximum Gasteiger partial charge on any atom is 0.326 e. The van der Waals surface area contributed by atoms with Crippen molar-refractivity contribution in [2.24, 2.45) is 0 Å². The summed E-state index contributed by atoms with van der Waals surface area (Å²) in [5.74, 6) is -1.71. The number of methoxy groups -OCH3 is 1. The maximum absolute atomic E-state index is 11.9. The molecular weight excluding hydrogens is 280 g/mol. The fourth-order valence-corrected chi connectivity index (χ4v) is 2.12. The van der Waals surface area contributed by atoms with Crippen molar-refractivity contribution < 1.29 is 29.0 Å². The Labute approximate surface area is 123 Å². The lowest BCUT2D eigenvalue weighted by Gasteiger charge is -2.34. The zero-order valence-corrected chi connectivity index (χ0v) is 12.3. The summed E-state index contributed by atoms with van der Waals surface area (Å²) in [6.45, 7) is 2.89. The topological polar surface area (TPSA) is 114 Å². The molecule has 0 radical (unpaired) electrons. The molecule has 21 heavy (non-hydrogen) atoms. The van der Waals surface area contributed by atoms with Crippen molar-refractivity contribution in [2.75, 3.05) is 20.3 Å². The van der Waals surface area contributed by atoms with Gasteiger partial charge in [0, 0.05) is 13.0 Å². The lowest BCUT2D eigenvalue weighted by Crippen LogP contribution is -2.57. The van der Waals surface area contributed by atoms with E-state index in [-0.39, 0.29) is 12.8 Å². The van der Waals surface area contributed by atoms with Crippen LogP contribution >= 0.6 is 0 Å². The second-order valence-corrected chi connectivity index (χ2v) is 5.32. The van der Waals surface area contributed by atoms with Crippen molar-refractivity contribution in [2.45, 2.75) is 44.2 Å². The van der Waals surface area contributed by atoms with Crippen LogP contribution in [0.3, 0.4) is 0 Å². The minimum atomic E-state index is -1.20. The summed E-state index contributed by atoms with van der Waals surface area (Å²) in [4.78, 5) is 34.0. The molecule has 0 aromatic rings. The summed E-state index contributed by atoms with van der Waals surface area (Å²) in [5.41, 5.74) is -0.506. The van der Waals surface area contributed by atoms with Crippen molar-refractivity contribution in [1.82, 2.24) is 10.6 Å². The standard InChI is InChI=1S/C13H22N2O6/c1-13(6-3-7-21-8-13)15-12(19)14-9(11(17)18)4-5-10(16)20-2/h9H,3-8H2,1-2H3,(H,17,18)(H2,14,15,19)/t9-,13?/m1/s1. The number of aliphatic carboxylic acids is 1. The average Bonchev–Trinajstić information content (AvgIpc) is 2.42. The molecule has 1 aliphatic rings. The maximum atomic E-state index is 11.9. The molecule has 1 unspecified atom stereocenters. The second kappa shape index (κ2) is 7.82. The summed E-state index contributed by atoms with van der Waals surface area (Å²) in [5, 5.41) is 14.1. The number of ether oxygens (including phenoxy) is 2. The van der Waals surface area contributed by atoms with E-state index in [4.69, 9.17) is 9.84 Å². The number of amides is 2. The van der Waals surface area contributed by atoms with Gasteiger partial charge in [-0.15, -0.1) is 0 Å². The summed E-state index contributed by atoms with van der Waals surface area (Å²) in [6.07, 6.45) is 1.50. The number of nitrogens with one attached hydrogen (secondary N) is 2. The molecule has 1 heterocycles. The normalized spacial score (nSPS) is 23.0. The van der Waals surface area contributed by atoms with Crippen LogP contribution in [0.1, 0.15) is 32.6 Å². The van der Waals surface area contributed by atoms with Crippen LogP contribution < -0.4 is 10.6 Å². The Hall–Kier alpha value is -1.83. The van der Waals surface area contributed by atoms with Crippen LogP contribution in [0.5, 0.6) is 0 Å². The fraction of sp³-hybridized carbons (Fsp3) is 0.769. The van der Waals surface area contributed by atoms with Gasteiger partial charge in [-0.05, 0) is 26.2 Å². The first-order valence-electron chi connectivity index (χ1n) is 6.82. The molecule has 3 N–H and O–H groups in total. The number of hydrogen-bond donors (Lipinski definition) is 3. The number of carbonyl (C=O) groups excluding carboxylic acids is 2. The lowest BCUT2D eigenvalue weighted by atomic mass is 9.95. The first-order valence-corrected chi connectivity index (χ1v) is 6.82. The Kier molecular flexibility index (Phi) is 6.41. The van der Waals surface area contributed by atoms with Gasteiger partial charge in [-0.2, -0.15) is 0 Å². The highest BCUT2D eigenvalue weighted by atomic mass is 16.5. The molecule has 1 saturated heterocycles. The van der Waals surface area contributed by atoms with Crippen molar-refractivity contribution in [3.8, 4) is 0 Å². The number of carbonyl (C=O) groups is 3. The van der Waals surface area contributed by atoms with Crippen LogP contribution in [-0.2, 0) is 19.1 Å². The van der Waals surface area contributed by atoms with Crippen LogP contribution in [0.15, 0.2) is 0 Å². The molecule has 1 fully saturated rings. The lowest BCUT2D eigenvalue weighted by molar-refractivity contribution is -0.142. The van der Waals surface area contributed by atoms with E-state index in [9.17, 15) is 14.4 Å². The van der Waals surface area contributed by atoms with Crippen LogP contribution in [0.4, 0.5) is 4.79 Å². The predicted octanol–water partition coefficient (Wildman–Crippen LogP) is 0.261. The van der Waals surface area contributed by atoms with Crippen LogP contribution in [0.2, 0.25) is 0 Å². The summed E-state index contributed by atoms with van der Waals surface area (Å²) < 4.78 is 9.76. The van der Waals surface area contributed by atoms with Crippen LogP contribution in [0.25, 0.3) is 0 Å². The highest BCUT2D eigenvalue weighted by molar-refractivity contribution is 5.83. The third-order valence-electron chi connectivity index (χ3n) is 3.32. The monoisotopic (exact) mass is 302 g/mol. The number of hydrogen-bond acceptors (Lipinski definition) is 5. The van der Waals surface area contributed by atoms with Gasteiger partial charge in [-0.3, -0.25) is 4.79 Å². The molecular formula is C13H22N2O6. The molecule has 0 aromatic carbocycles. The number of urea groups is 1. The van der Waals surface area contributed by atoms with E-state index in [1.807, 2.05) is 6.92 Å². The molecule has 120 valence electrons. The van der Waals surface area contributed by atoms with Crippen molar-refractivity contribution >= 4 is 18.0 Å². The van der Waals surface area contributed by atoms with E-state index >= 15 is 0 Å². The van der Waals surface area contributed by atoms with Gasteiger partial charge in [-0.1, -0.05) is 0 Å². The quantitative estimate of drug-likeness (QED) is 0.606. The van der Waals surface area contributed by atoms with Gasteiger partial charge in [0.05, 0.1) is 19.3 Å². The average molecular weight is 302 g/mol. The minimum absolute atomic E-state index is 0.0252. The van der Waals surface area contributed by atoms with E-state index in [0.717, 1.165) is 12.8 Å². The van der Waals surface area contributed by atoms with E-state index in [2.05, 4.69) is 15.4 Å². The Bertz CT molecular complexity index is 392. The summed E-state index contributed by atoms with van der Waals surface area (Å²) >= 11 is 0. The number of carboxylic acids is 1. The number of rotatable bonds is 6. The van der Waals surface area contributed by atoms with E-state index in [1.54, 1.807) is 0 Å². The van der Waals surface area contributed by atoms with Gasteiger partial charge in [0.15, 0.2) is 0 Å². The molecule has 1 aliphatic heterocycles. The number of esters is 1. The Morgan fingerprint density at radius 2 is 2.14 bits per heavy atom. The van der Waals surface area contributed by atoms with Gasteiger partial charge in [0.1, 0.15) is 6.04 Å². The molecule has 8 nitrogen and oxygen atoms in total. The molecule has 2 atom stereocenters. The number of carboxylic acid groups (broad SMARTS) is 1. The summed E-state index contributed by atoms with van der Waals surface area (Å²) in [6, 6.07) is -1.72. The molecule has 0 spiro atoms. The highest BCUT2D eigenvalue weighted by Gasteiger charge is 2.30. The van der Waals surface area contributed by atoms with Crippen molar-refractivity contribution in [3.05, 3.63) is 0 Å². The molecule has 2 amide bonds. The third kappa shape index (κ3) is 5.99. The highest BCUT2D eigenvalue weighted by Crippen LogP contribution is 2.18. The Morgan fingerprint density at radius 3 is 2.67 bits per heavy atom. The largest absolute Gasteiger partial charge is 0.480 e. The molecule has 0 aromatic heterocycles. The summed E-state index contributed by atoms with van der Waals surface area (Å²) in [7, 11) is 1.22. The second-order valence-electron chi connectivity index (χ2n) is 5.32. The van der Waals surface area contributed by atoms with Gasteiger partial charge in [0.25, 0.3) is 0 Å². The van der Waals surface area contributed by atoms with Crippen molar-refractivity contribution in [1.29, 1.82) is 0 Å². The molecule has 0 saturated carbocycles. The zero-order chi connectivity index (χ0) is 15.9. The molecule has 1 rings (SSSR count). The van der Waals surface area contributed by atoms with E-state index < -0.39 is 29.6 Å². The van der Waals surface area contributed by atoms with Gasteiger partial charge in [-0.25, -0.2) is 9.59 Å². The van der Waals surface area contributed by atoms with Crippen LogP contribution in [-0.4, -0.2) is 55.0 Å². The SMILES string of the molecule is COC(=O)CC[C@@H](NC(=O)NC1(C)CCCOC1)C(=O)O. The van der Waals surface area contributed by atoms with E-state index in [0.29, 0.717) is 13.2 Å². The minimum Gasteiger partial charge on any atom is -0.480 e. The first-order chi connectivity index (χ1) is 9.86. The first kappa shape index (κ1) is 17.2. The molecule has 0 bridgehead atoms. The molecule has 0 aliphatic carbocycles. The predicted molar refractivity (Wildman–Crippen MR) is 72.8 cm³/mol. The van der Waals surface area contributed by atoms with Gasteiger partial charge in [0.2, 0.25) is 0 Å². The van der Waals surface area contributed by atoms with Crippen LogP contribution in [0, 0.1) is 0 Å². The third-order valence-corrected chi connectivity index (χ3v) is 3.32.